The molecule has 0 atom stereocenters. The molecular formula is C20H25NO4S. The number of hydrogen-bond acceptors (Lipinski definition) is 4. The predicted octanol–water partition coefficient (Wildman–Crippen LogP) is 2.81. The molecule has 0 bridgehead atoms. The van der Waals surface area contributed by atoms with Gasteiger partial charge in [-0.2, -0.15) is 0 Å². The number of hydrogen-bond donors (Lipinski definition) is 0. The summed E-state index contributed by atoms with van der Waals surface area (Å²) in [5.74, 6) is -0.180. The Morgan fingerprint density at radius 3 is 2.42 bits per heavy atom. The maximum atomic E-state index is 12.8. The van der Waals surface area contributed by atoms with E-state index < -0.39 is 9.84 Å². The van der Waals surface area contributed by atoms with Crippen LogP contribution in [-0.2, 0) is 21.0 Å². The number of sulfone groups is 1. The molecule has 1 amide bonds. The van der Waals surface area contributed by atoms with Gasteiger partial charge >= 0.3 is 0 Å². The first-order valence-corrected chi connectivity index (χ1v) is 10.4. The molecule has 0 aliphatic rings. The van der Waals surface area contributed by atoms with Gasteiger partial charge < -0.3 is 9.64 Å². The Morgan fingerprint density at radius 1 is 1.04 bits per heavy atom. The van der Waals surface area contributed by atoms with E-state index in [1.165, 1.54) is 17.7 Å². The Labute approximate surface area is 155 Å². The number of benzene rings is 2. The van der Waals surface area contributed by atoms with Gasteiger partial charge in [0.25, 0.3) is 5.91 Å². The second-order valence-electron chi connectivity index (χ2n) is 6.17. The Hall–Kier alpha value is -2.18. The van der Waals surface area contributed by atoms with E-state index in [-0.39, 0.29) is 10.8 Å². The Kier molecular flexibility index (Phi) is 7.36. The first kappa shape index (κ1) is 20.1. The van der Waals surface area contributed by atoms with Gasteiger partial charge in [0.05, 0.1) is 11.5 Å². The van der Waals surface area contributed by atoms with Crippen molar-refractivity contribution in [3.05, 3.63) is 65.7 Å². The monoisotopic (exact) mass is 375 g/mol. The van der Waals surface area contributed by atoms with Crippen molar-refractivity contribution in [2.75, 3.05) is 33.1 Å². The zero-order chi connectivity index (χ0) is 19.0. The van der Waals surface area contributed by atoms with Gasteiger partial charge in [-0.05, 0) is 36.6 Å². The number of rotatable bonds is 9. The van der Waals surface area contributed by atoms with E-state index in [1.807, 2.05) is 18.2 Å². The Balaban J connectivity index is 2.08. The van der Waals surface area contributed by atoms with Gasteiger partial charge in [0.1, 0.15) is 0 Å². The van der Waals surface area contributed by atoms with E-state index in [0.717, 1.165) is 19.1 Å². The molecule has 2 rings (SSSR count). The van der Waals surface area contributed by atoms with Crippen LogP contribution in [0.15, 0.2) is 59.5 Å². The van der Waals surface area contributed by atoms with E-state index in [0.29, 0.717) is 25.3 Å². The highest BCUT2D eigenvalue weighted by Gasteiger charge is 2.17. The van der Waals surface area contributed by atoms with Gasteiger partial charge in [-0.25, -0.2) is 8.42 Å². The van der Waals surface area contributed by atoms with Crippen molar-refractivity contribution in [1.82, 2.24) is 4.90 Å². The van der Waals surface area contributed by atoms with Crippen molar-refractivity contribution in [3.8, 4) is 0 Å². The van der Waals surface area contributed by atoms with E-state index in [9.17, 15) is 13.2 Å². The van der Waals surface area contributed by atoms with Crippen LogP contribution in [0.5, 0.6) is 0 Å². The molecule has 0 spiro atoms. The summed E-state index contributed by atoms with van der Waals surface area (Å²) in [6.45, 7) is 1.48. The molecule has 6 heteroatoms. The third kappa shape index (κ3) is 5.97. The molecule has 140 valence electrons. The topological polar surface area (TPSA) is 63.7 Å². The fourth-order valence-corrected chi connectivity index (χ4v) is 3.34. The summed E-state index contributed by atoms with van der Waals surface area (Å²) in [6, 6.07) is 16.3. The van der Waals surface area contributed by atoms with E-state index in [4.69, 9.17) is 4.74 Å². The van der Waals surface area contributed by atoms with Gasteiger partial charge in [-0.15, -0.1) is 0 Å². The van der Waals surface area contributed by atoms with Crippen molar-refractivity contribution in [2.24, 2.45) is 0 Å². The quantitative estimate of drug-likeness (QED) is 0.676. The van der Waals surface area contributed by atoms with Crippen LogP contribution in [0.2, 0.25) is 0 Å². The normalized spacial score (nSPS) is 11.3. The number of amides is 1. The number of nitrogens with zero attached hydrogens (tertiary/aromatic N) is 1. The van der Waals surface area contributed by atoms with Crippen LogP contribution in [0, 0.1) is 0 Å². The zero-order valence-corrected chi connectivity index (χ0v) is 16.0. The van der Waals surface area contributed by atoms with E-state index in [1.54, 1.807) is 24.1 Å². The predicted molar refractivity (Wildman–Crippen MR) is 102 cm³/mol. The smallest absolute Gasteiger partial charge is 0.253 e. The van der Waals surface area contributed by atoms with Crippen molar-refractivity contribution >= 4 is 15.7 Å². The highest BCUT2D eigenvalue weighted by molar-refractivity contribution is 7.90. The number of carbonyl (C=O) groups excluding carboxylic acids is 1. The molecule has 2 aromatic carbocycles. The minimum absolute atomic E-state index is 0.152. The molecule has 0 aromatic heterocycles. The summed E-state index contributed by atoms with van der Waals surface area (Å²) in [5.41, 5.74) is 1.61. The van der Waals surface area contributed by atoms with E-state index in [2.05, 4.69) is 12.1 Å². The van der Waals surface area contributed by atoms with E-state index >= 15 is 0 Å². The molecule has 2 aromatic rings. The standard InChI is InChI=1S/C20H25NO4S/c1-25-15-14-21(13-7-10-17-8-4-3-5-9-17)20(22)18-11-6-12-19(16-18)26(2,23)24/h3-6,8-9,11-12,16H,7,10,13-15H2,1-2H3. The number of methoxy groups -OCH3 is 1. The van der Waals surface area contributed by atoms with Gasteiger partial charge in [-0.3, -0.25) is 4.79 Å². The third-order valence-electron chi connectivity index (χ3n) is 4.10. The lowest BCUT2D eigenvalue weighted by atomic mass is 10.1. The summed E-state index contributed by atoms with van der Waals surface area (Å²) < 4.78 is 28.6. The van der Waals surface area contributed by atoms with Gasteiger partial charge in [0.15, 0.2) is 9.84 Å². The van der Waals surface area contributed by atoms with Gasteiger partial charge in [0, 0.05) is 32.0 Å². The number of carbonyl (C=O) groups is 1. The molecule has 0 aliphatic carbocycles. The molecular weight excluding hydrogens is 350 g/mol. The average Bonchev–Trinajstić information content (AvgIpc) is 2.64. The van der Waals surface area contributed by atoms with Crippen molar-refractivity contribution in [3.63, 3.8) is 0 Å². The zero-order valence-electron chi connectivity index (χ0n) is 15.2. The lowest BCUT2D eigenvalue weighted by Gasteiger charge is -2.23. The van der Waals surface area contributed by atoms with Gasteiger partial charge in [0.2, 0.25) is 0 Å². The SMILES string of the molecule is COCCN(CCCc1ccccc1)C(=O)c1cccc(S(C)(=O)=O)c1. The largest absolute Gasteiger partial charge is 0.383 e. The fraction of sp³-hybridized carbons (Fsp3) is 0.350. The van der Waals surface area contributed by atoms with Crippen LogP contribution in [0.4, 0.5) is 0 Å². The molecule has 0 unspecified atom stereocenters. The van der Waals surface area contributed by atoms with Crippen LogP contribution in [0.25, 0.3) is 0 Å². The lowest BCUT2D eigenvalue weighted by molar-refractivity contribution is 0.0693. The van der Waals surface area contributed by atoms with Crippen molar-refractivity contribution in [2.45, 2.75) is 17.7 Å². The second-order valence-corrected chi connectivity index (χ2v) is 8.19. The molecule has 0 heterocycles. The second kappa shape index (κ2) is 9.50. The summed E-state index contributed by atoms with van der Waals surface area (Å²) in [5, 5.41) is 0. The van der Waals surface area contributed by atoms with Crippen LogP contribution >= 0.6 is 0 Å². The van der Waals surface area contributed by atoms with Crippen LogP contribution in [0.1, 0.15) is 22.3 Å². The molecule has 0 saturated heterocycles. The maximum absolute atomic E-state index is 12.8. The number of ether oxygens (including phenoxy) is 1. The highest BCUT2D eigenvalue weighted by atomic mass is 32.2. The molecule has 0 radical (unpaired) electrons. The molecule has 26 heavy (non-hydrogen) atoms. The van der Waals surface area contributed by atoms with Crippen LogP contribution in [-0.4, -0.2) is 52.3 Å². The molecule has 5 nitrogen and oxygen atoms in total. The maximum Gasteiger partial charge on any atom is 0.253 e. The Bertz CT molecular complexity index is 819. The summed E-state index contributed by atoms with van der Waals surface area (Å²) in [7, 11) is -1.76. The third-order valence-corrected chi connectivity index (χ3v) is 5.21. The van der Waals surface area contributed by atoms with Crippen LogP contribution < -0.4 is 0 Å². The number of aryl methyl sites for hydroxylation is 1. The average molecular weight is 375 g/mol. The minimum atomic E-state index is -3.35. The first-order valence-electron chi connectivity index (χ1n) is 8.54. The summed E-state index contributed by atoms with van der Waals surface area (Å²) >= 11 is 0. The Morgan fingerprint density at radius 2 is 1.77 bits per heavy atom. The summed E-state index contributed by atoms with van der Waals surface area (Å²) in [4.78, 5) is 14.7. The molecule has 0 fully saturated rings. The van der Waals surface area contributed by atoms with Crippen molar-refractivity contribution in [1.29, 1.82) is 0 Å². The fourth-order valence-electron chi connectivity index (χ4n) is 2.68. The van der Waals surface area contributed by atoms with Gasteiger partial charge in [-0.1, -0.05) is 36.4 Å². The summed E-state index contributed by atoms with van der Waals surface area (Å²) in [6.07, 6.45) is 2.84. The van der Waals surface area contributed by atoms with Crippen molar-refractivity contribution < 1.29 is 17.9 Å². The highest BCUT2D eigenvalue weighted by Crippen LogP contribution is 2.14. The lowest BCUT2D eigenvalue weighted by Crippen LogP contribution is -2.35. The molecule has 0 N–H and O–H groups in total. The minimum Gasteiger partial charge on any atom is -0.383 e. The van der Waals surface area contributed by atoms with Crippen LogP contribution in [0.3, 0.4) is 0 Å². The first-order chi connectivity index (χ1) is 12.4. The molecule has 0 aliphatic heterocycles. The molecule has 0 saturated carbocycles.